The number of aromatic nitrogens is 4. The topological polar surface area (TPSA) is 159 Å². The normalized spacial score (nSPS) is 22.1. The second-order valence-corrected chi connectivity index (χ2v) is 9.69. The first-order chi connectivity index (χ1) is 19.6. The summed E-state index contributed by atoms with van der Waals surface area (Å²) in [5.41, 5.74) is 0.491. The third-order valence-electron chi connectivity index (χ3n) is 6.15. The van der Waals surface area contributed by atoms with Gasteiger partial charge >= 0.3 is 23.9 Å². The van der Waals surface area contributed by atoms with Crippen LogP contribution < -0.4 is 0 Å². The fourth-order valence-electron chi connectivity index (χ4n) is 4.45. The van der Waals surface area contributed by atoms with Crippen LogP contribution in [0.4, 0.5) is 0 Å². The lowest BCUT2D eigenvalue weighted by Gasteiger charge is -2.43. The van der Waals surface area contributed by atoms with Crippen LogP contribution in [0, 0.1) is 0 Å². The van der Waals surface area contributed by atoms with Gasteiger partial charge in [-0.25, -0.2) is 0 Å². The summed E-state index contributed by atoms with van der Waals surface area (Å²) in [5.74, 6) is -2.73. The molecule has 0 N–H and O–H groups in total. The molecule has 0 aromatic carbocycles. The molecule has 1 aliphatic rings. The summed E-state index contributed by atoms with van der Waals surface area (Å²) in [5, 5.41) is 8.27. The van der Waals surface area contributed by atoms with Crippen molar-refractivity contribution >= 4 is 23.9 Å². The SMILES string of the molecule is CC(=O)OC[C@H]1O[C@@H](OCc2cn(CCCCCCn3cccc3)nn2)[C@H](OC(C)=O)[C@@H](OC(C)=O)[C@H]1OC(C)=O. The Kier molecular flexibility index (Phi) is 12.3. The first-order valence-corrected chi connectivity index (χ1v) is 13.5. The molecular weight excluding hydrogens is 540 g/mol. The predicted molar refractivity (Wildman–Crippen MR) is 140 cm³/mol. The minimum Gasteiger partial charge on any atom is -0.463 e. The highest BCUT2D eigenvalue weighted by molar-refractivity contribution is 5.68. The minimum absolute atomic E-state index is 0.0788. The molecule has 3 rings (SSSR count). The fourth-order valence-corrected chi connectivity index (χ4v) is 4.45. The van der Waals surface area contributed by atoms with Gasteiger partial charge in [-0.15, -0.1) is 5.10 Å². The number of carbonyl (C=O) groups is 4. The molecule has 226 valence electrons. The van der Waals surface area contributed by atoms with E-state index >= 15 is 0 Å². The van der Waals surface area contributed by atoms with E-state index in [4.69, 9.17) is 28.4 Å². The number of aryl methyl sites for hydroxylation is 2. The number of unbranched alkanes of at least 4 members (excludes halogenated alkanes) is 3. The number of hydrogen-bond donors (Lipinski definition) is 0. The summed E-state index contributed by atoms with van der Waals surface area (Å²) in [7, 11) is 0. The maximum Gasteiger partial charge on any atom is 0.303 e. The maximum absolute atomic E-state index is 11.9. The highest BCUT2D eigenvalue weighted by Crippen LogP contribution is 2.30. The molecule has 3 heterocycles. The molecule has 2 aromatic rings. The average molecular weight is 579 g/mol. The van der Waals surface area contributed by atoms with E-state index in [1.165, 1.54) is 13.8 Å². The van der Waals surface area contributed by atoms with Crippen LogP contribution in [-0.2, 0) is 67.3 Å². The Balaban J connectivity index is 1.62. The van der Waals surface area contributed by atoms with E-state index in [1.807, 2.05) is 12.1 Å². The van der Waals surface area contributed by atoms with Crippen LogP contribution in [0.5, 0.6) is 0 Å². The maximum atomic E-state index is 11.9. The molecule has 0 saturated carbocycles. The zero-order valence-corrected chi connectivity index (χ0v) is 23.8. The Hall–Kier alpha value is -3.78. The van der Waals surface area contributed by atoms with Crippen LogP contribution in [0.15, 0.2) is 30.7 Å². The molecule has 1 aliphatic heterocycles. The predicted octanol–water partition coefficient (Wildman–Crippen LogP) is 1.94. The monoisotopic (exact) mass is 578 g/mol. The molecule has 14 nitrogen and oxygen atoms in total. The zero-order chi connectivity index (χ0) is 29.8. The highest BCUT2D eigenvalue weighted by Gasteiger charge is 2.52. The summed E-state index contributed by atoms with van der Waals surface area (Å²) in [6.45, 7) is 5.96. The van der Waals surface area contributed by atoms with Crippen molar-refractivity contribution in [1.82, 2.24) is 19.6 Å². The summed E-state index contributed by atoms with van der Waals surface area (Å²) < 4.78 is 36.9. The van der Waals surface area contributed by atoms with Crippen LogP contribution in [-0.4, -0.2) is 80.8 Å². The smallest absolute Gasteiger partial charge is 0.303 e. The molecule has 0 aliphatic carbocycles. The first-order valence-electron chi connectivity index (χ1n) is 13.5. The number of rotatable bonds is 15. The van der Waals surface area contributed by atoms with Crippen LogP contribution in [0.1, 0.15) is 59.1 Å². The van der Waals surface area contributed by atoms with Gasteiger partial charge in [0.05, 0.1) is 12.8 Å². The average Bonchev–Trinajstić information content (AvgIpc) is 3.58. The molecule has 5 atom stereocenters. The second-order valence-electron chi connectivity index (χ2n) is 9.69. The Bertz CT molecular complexity index is 1140. The Labute approximate surface area is 238 Å². The number of nitrogens with zero attached hydrogens (tertiary/aromatic N) is 4. The summed E-state index contributed by atoms with van der Waals surface area (Å²) in [4.78, 5) is 47.2. The number of hydrogen-bond acceptors (Lipinski definition) is 12. The largest absolute Gasteiger partial charge is 0.463 e. The van der Waals surface area contributed by atoms with Gasteiger partial charge in [0, 0.05) is 53.2 Å². The van der Waals surface area contributed by atoms with Crippen LogP contribution in [0.25, 0.3) is 0 Å². The van der Waals surface area contributed by atoms with Gasteiger partial charge in [-0.1, -0.05) is 18.1 Å². The summed E-state index contributed by atoms with van der Waals surface area (Å²) in [6.07, 6.45) is 3.84. The van der Waals surface area contributed by atoms with E-state index in [0.717, 1.165) is 46.1 Å². The number of ether oxygens (including phenoxy) is 6. The van der Waals surface area contributed by atoms with Crippen molar-refractivity contribution in [1.29, 1.82) is 0 Å². The molecule has 41 heavy (non-hydrogen) atoms. The molecule has 0 spiro atoms. The third-order valence-corrected chi connectivity index (χ3v) is 6.15. The lowest BCUT2D eigenvalue weighted by molar-refractivity contribution is -0.310. The van der Waals surface area contributed by atoms with Crippen molar-refractivity contribution in [3.8, 4) is 0 Å². The van der Waals surface area contributed by atoms with E-state index in [0.29, 0.717) is 12.2 Å². The van der Waals surface area contributed by atoms with Gasteiger partial charge in [-0.3, -0.25) is 23.9 Å². The van der Waals surface area contributed by atoms with Crippen molar-refractivity contribution in [3.05, 3.63) is 36.4 Å². The van der Waals surface area contributed by atoms with Gasteiger partial charge in [0.2, 0.25) is 0 Å². The zero-order valence-electron chi connectivity index (χ0n) is 23.8. The van der Waals surface area contributed by atoms with E-state index in [2.05, 4.69) is 27.3 Å². The van der Waals surface area contributed by atoms with Gasteiger partial charge in [0.1, 0.15) is 18.4 Å². The Morgan fingerprint density at radius 2 is 1.41 bits per heavy atom. The summed E-state index contributed by atoms with van der Waals surface area (Å²) in [6, 6.07) is 4.03. The number of esters is 4. The summed E-state index contributed by atoms with van der Waals surface area (Å²) >= 11 is 0. The molecule has 2 aromatic heterocycles. The Morgan fingerprint density at radius 3 is 2.05 bits per heavy atom. The van der Waals surface area contributed by atoms with Crippen molar-refractivity contribution in [3.63, 3.8) is 0 Å². The van der Waals surface area contributed by atoms with Crippen LogP contribution in [0.2, 0.25) is 0 Å². The van der Waals surface area contributed by atoms with Crippen molar-refractivity contribution in [2.24, 2.45) is 0 Å². The van der Waals surface area contributed by atoms with Gasteiger partial charge in [-0.2, -0.15) is 0 Å². The lowest BCUT2D eigenvalue weighted by atomic mass is 9.98. The van der Waals surface area contributed by atoms with E-state index in [9.17, 15) is 19.2 Å². The van der Waals surface area contributed by atoms with Crippen molar-refractivity contribution in [2.75, 3.05) is 6.61 Å². The van der Waals surface area contributed by atoms with E-state index < -0.39 is 54.6 Å². The first kappa shape index (κ1) is 31.7. The highest BCUT2D eigenvalue weighted by atomic mass is 16.7. The van der Waals surface area contributed by atoms with Crippen LogP contribution >= 0.6 is 0 Å². The third kappa shape index (κ3) is 10.6. The standard InChI is InChI=1S/C27H38N4O10/c1-18(32)36-17-23-24(38-19(2)33)25(39-20(3)34)26(40-21(4)35)27(41-23)37-16-22-15-31(29-28-22)14-8-6-5-7-11-30-12-9-10-13-30/h9-10,12-13,15,23-27H,5-8,11,14,16-17H2,1-4H3/t23-,24+,25+,26-,27-/m1/s1. The molecule has 1 fully saturated rings. The van der Waals surface area contributed by atoms with E-state index in [-0.39, 0.29) is 13.2 Å². The van der Waals surface area contributed by atoms with Crippen molar-refractivity contribution < 1.29 is 47.6 Å². The van der Waals surface area contributed by atoms with E-state index in [1.54, 1.807) is 10.9 Å². The van der Waals surface area contributed by atoms with Gasteiger partial charge < -0.3 is 33.0 Å². The van der Waals surface area contributed by atoms with Crippen LogP contribution in [0.3, 0.4) is 0 Å². The quantitative estimate of drug-likeness (QED) is 0.172. The molecule has 0 unspecified atom stereocenters. The molecule has 1 saturated heterocycles. The molecule has 0 radical (unpaired) electrons. The van der Waals surface area contributed by atoms with Gasteiger partial charge in [0.25, 0.3) is 0 Å². The fraction of sp³-hybridized carbons (Fsp3) is 0.630. The lowest BCUT2D eigenvalue weighted by Crippen LogP contribution is -2.62. The Morgan fingerprint density at radius 1 is 0.805 bits per heavy atom. The number of carbonyl (C=O) groups excluding carboxylic acids is 4. The van der Waals surface area contributed by atoms with Gasteiger partial charge in [0.15, 0.2) is 24.6 Å². The van der Waals surface area contributed by atoms with Gasteiger partial charge in [-0.05, 0) is 25.0 Å². The molecule has 0 bridgehead atoms. The molecular formula is C27H38N4O10. The minimum atomic E-state index is -1.30. The van der Waals surface area contributed by atoms with Crippen molar-refractivity contribution in [2.45, 2.75) is 104 Å². The molecule has 14 heteroatoms. The molecule has 0 amide bonds. The second kappa shape index (κ2) is 15.9.